The average molecular weight is 264 g/mol. The molecule has 0 aliphatic heterocycles. The number of nitrogen functional groups attached to an aromatic ring is 1. The zero-order valence-electron chi connectivity index (χ0n) is 9.35. The van der Waals surface area contributed by atoms with Crippen molar-refractivity contribution in [2.75, 3.05) is 12.3 Å². The summed E-state index contributed by atoms with van der Waals surface area (Å²) in [6.45, 7) is -0.121. The maximum atomic E-state index is 13.0. The lowest BCUT2D eigenvalue weighted by Gasteiger charge is -2.08. The van der Waals surface area contributed by atoms with Crippen LogP contribution in [0.3, 0.4) is 0 Å². The van der Waals surface area contributed by atoms with E-state index >= 15 is 0 Å². The molecule has 0 saturated heterocycles. The van der Waals surface area contributed by atoms with Gasteiger partial charge in [0, 0.05) is 18.5 Å². The number of halogens is 4. The number of nitrogens with one attached hydrogen (secondary N) is 1. The summed E-state index contributed by atoms with van der Waals surface area (Å²) in [6.07, 6.45) is -5.42. The largest absolute Gasteiger partial charge is 0.396 e. The van der Waals surface area contributed by atoms with Gasteiger partial charge in [0.2, 0.25) is 0 Å². The fraction of sp³-hybridized carbons (Fsp3) is 0.364. The normalized spacial score (nSPS) is 11.3. The summed E-state index contributed by atoms with van der Waals surface area (Å²) in [4.78, 5) is 11.4. The minimum atomic E-state index is -4.24. The van der Waals surface area contributed by atoms with Crippen molar-refractivity contribution < 1.29 is 22.4 Å². The van der Waals surface area contributed by atoms with E-state index in [9.17, 15) is 22.4 Å². The second-order valence-electron chi connectivity index (χ2n) is 3.71. The number of nitrogens with two attached hydrogens (primary N) is 1. The van der Waals surface area contributed by atoms with Gasteiger partial charge in [-0.15, -0.1) is 0 Å². The van der Waals surface area contributed by atoms with Gasteiger partial charge >= 0.3 is 6.18 Å². The minimum absolute atomic E-state index is 0.0220. The standard InChI is InChI=1S/C11H12F4N2O/c12-8-6-7(2-3-9(8)16)10(18)17-5-1-4-11(13,14)15/h2-3,6H,1,4-5,16H2,(H,17,18). The molecular weight excluding hydrogens is 252 g/mol. The lowest BCUT2D eigenvalue weighted by molar-refractivity contribution is -0.135. The predicted molar refractivity (Wildman–Crippen MR) is 58.4 cm³/mol. The van der Waals surface area contributed by atoms with E-state index in [4.69, 9.17) is 5.73 Å². The molecule has 3 N–H and O–H groups in total. The van der Waals surface area contributed by atoms with Crippen LogP contribution in [0, 0.1) is 5.82 Å². The first kappa shape index (κ1) is 14.3. The van der Waals surface area contributed by atoms with Crippen LogP contribution < -0.4 is 11.1 Å². The molecule has 1 aromatic carbocycles. The molecule has 100 valence electrons. The quantitative estimate of drug-likeness (QED) is 0.498. The fourth-order valence-corrected chi connectivity index (χ4v) is 1.26. The van der Waals surface area contributed by atoms with Gasteiger partial charge in [0.1, 0.15) is 5.82 Å². The van der Waals surface area contributed by atoms with Crippen molar-refractivity contribution in [3.63, 3.8) is 0 Å². The molecule has 0 saturated carbocycles. The Morgan fingerprint density at radius 2 is 2.00 bits per heavy atom. The van der Waals surface area contributed by atoms with E-state index in [-0.39, 0.29) is 24.2 Å². The molecule has 18 heavy (non-hydrogen) atoms. The summed E-state index contributed by atoms with van der Waals surface area (Å²) in [5.41, 5.74) is 5.15. The van der Waals surface area contributed by atoms with Crippen molar-refractivity contribution in [2.45, 2.75) is 19.0 Å². The van der Waals surface area contributed by atoms with Gasteiger partial charge < -0.3 is 11.1 Å². The molecule has 0 unspecified atom stereocenters. The van der Waals surface area contributed by atoms with E-state index in [1.165, 1.54) is 12.1 Å². The van der Waals surface area contributed by atoms with E-state index in [1.54, 1.807) is 0 Å². The van der Waals surface area contributed by atoms with Crippen LogP contribution in [0.25, 0.3) is 0 Å². The minimum Gasteiger partial charge on any atom is -0.396 e. The third-order valence-corrected chi connectivity index (χ3v) is 2.19. The Morgan fingerprint density at radius 1 is 1.33 bits per heavy atom. The van der Waals surface area contributed by atoms with Gasteiger partial charge in [0.15, 0.2) is 0 Å². The second kappa shape index (κ2) is 5.70. The molecule has 0 heterocycles. The maximum absolute atomic E-state index is 13.0. The Labute approximate surface area is 101 Å². The molecule has 0 aromatic heterocycles. The van der Waals surface area contributed by atoms with Crippen LogP contribution in [-0.2, 0) is 0 Å². The third-order valence-electron chi connectivity index (χ3n) is 2.19. The first-order chi connectivity index (χ1) is 8.29. The zero-order chi connectivity index (χ0) is 13.8. The van der Waals surface area contributed by atoms with E-state index in [0.717, 1.165) is 6.07 Å². The van der Waals surface area contributed by atoms with Crippen molar-refractivity contribution >= 4 is 11.6 Å². The highest BCUT2D eigenvalue weighted by atomic mass is 19.4. The van der Waals surface area contributed by atoms with Crippen LogP contribution in [0.4, 0.5) is 23.2 Å². The molecule has 0 bridgehead atoms. The van der Waals surface area contributed by atoms with Crippen LogP contribution in [0.2, 0.25) is 0 Å². The van der Waals surface area contributed by atoms with Crippen molar-refractivity contribution in [3.8, 4) is 0 Å². The second-order valence-corrected chi connectivity index (χ2v) is 3.71. The molecule has 0 aliphatic rings. The number of benzene rings is 1. The molecular formula is C11H12F4N2O. The summed E-state index contributed by atoms with van der Waals surface area (Å²) in [7, 11) is 0. The molecule has 0 radical (unpaired) electrons. The van der Waals surface area contributed by atoms with Gasteiger partial charge in [0.05, 0.1) is 5.69 Å². The van der Waals surface area contributed by atoms with Gasteiger partial charge in [-0.2, -0.15) is 13.2 Å². The van der Waals surface area contributed by atoms with Crippen LogP contribution in [0.15, 0.2) is 18.2 Å². The highest BCUT2D eigenvalue weighted by Gasteiger charge is 2.26. The van der Waals surface area contributed by atoms with E-state index in [1.807, 2.05) is 0 Å². The average Bonchev–Trinajstić information content (AvgIpc) is 2.26. The van der Waals surface area contributed by atoms with E-state index < -0.39 is 24.3 Å². The SMILES string of the molecule is Nc1ccc(C(=O)NCCCC(F)(F)F)cc1F. The summed E-state index contributed by atoms with van der Waals surface area (Å²) in [5, 5.41) is 2.27. The Balaban J connectivity index is 2.43. The van der Waals surface area contributed by atoms with Gasteiger partial charge in [0.25, 0.3) is 5.91 Å². The van der Waals surface area contributed by atoms with Gasteiger partial charge in [-0.25, -0.2) is 4.39 Å². The highest BCUT2D eigenvalue weighted by Crippen LogP contribution is 2.20. The summed E-state index contributed by atoms with van der Waals surface area (Å²) >= 11 is 0. The van der Waals surface area contributed by atoms with Crippen molar-refractivity contribution in [1.29, 1.82) is 0 Å². The number of hydrogen-bond acceptors (Lipinski definition) is 2. The first-order valence-corrected chi connectivity index (χ1v) is 5.19. The fourth-order valence-electron chi connectivity index (χ4n) is 1.26. The zero-order valence-corrected chi connectivity index (χ0v) is 9.35. The van der Waals surface area contributed by atoms with Crippen molar-refractivity contribution in [1.82, 2.24) is 5.32 Å². The monoisotopic (exact) mass is 264 g/mol. The van der Waals surface area contributed by atoms with Crippen LogP contribution in [-0.4, -0.2) is 18.6 Å². The Kier molecular flexibility index (Phi) is 4.52. The molecule has 0 fully saturated rings. The molecule has 1 rings (SSSR count). The summed E-state index contributed by atoms with van der Waals surface area (Å²) in [5.74, 6) is -1.37. The Bertz CT molecular complexity index is 432. The molecule has 0 atom stereocenters. The first-order valence-electron chi connectivity index (χ1n) is 5.19. The summed E-state index contributed by atoms with van der Waals surface area (Å²) < 4.78 is 48.5. The lowest BCUT2D eigenvalue weighted by Crippen LogP contribution is -2.25. The lowest BCUT2D eigenvalue weighted by atomic mass is 10.2. The highest BCUT2D eigenvalue weighted by molar-refractivity contribution is 5.94. The number of alkyl halides is 3. The number of anilines is 1. The predicted octanol–water partition coefficient (Wildman–Crippen LogP) is 2.48. The van der Waals surface area contributed by atoms with E-state index in [2.05, 4.69) is 5.32 Å². The van der Waals surface area contributed by atoms with Gasteiger partial charge in [-0.3, -0.25) is 4.79 Å². The smallest absolute Gasteiger partial charge is 0.389 e. The van der Waals surface area contributed by atoms with Crippen molar-refractivity contribution in [3.05, 3.63) is 29.6 Å². The number of amides is 1. The van der Waals surface area contributed by atoms with E-state index in [0.29, 0.717) is 0 Å². The molecule has 3 nitrogen and oxygen atoms in total. The topological polar surface area (TPSA) is 55.1 Å². The summed E-state index contributed by atoms with van der Waals surface area (Å²) in [6, 6.07) is 3.46. The number of hydrogen-bond donors (Lipinski definition) is 2. The molecule has 0 aliphatic carbocycles. The molecule has 1 aromatic rings. The maximum Gasteiger partial charge on any atom is 0.389 e. The Morgan fingerprint density at radius 3 is 2.56 bits per heavy atom. The Hall–Kier alpha value is -1.79. The van der Waals surface area contributed by atoms with Crippen LogP contribution in [0.1, 0.15) is 23.2 Å². The molecule has 0 spiro atoms. The van der Waals surface area contributed by atoms with Crippen LogP contribution in [0.5, 0.6) is 0 Å². The number of carbonyl (C=O) groups excluding carboxylic acids is 1. The number of carbonyl (C=O) groups is 1. The molecule has 1 amide bonds. The van der Waals surface area contributed by atoms with Crippen molar-refractivity contribution in [2.24, 2.45) is 0 Å². The van der Waals surface area contributed by atoms with Gasteiger partial charge in [-0.1, -0.05) is 0 Å². The number of rotatable bonds is 4. The third kappa shape index (κ3) is 4.60. The molecule has 7 heteroatoms. The van der Waals surface area contributed by atoms with Gasteiger partial charge in [-0.05, 0) is 24.6 Å². The van der Waals surface area contributed by atoms with Crippen LogP contribution >= 0.6 is 0 Å².